The molecule has 0 aliphatic heterocycles. The molecular formula is C46H28S. The van der Waals surface area contributed by atoms with Crippen LogP contribution < -0.4 is 0 Å². The summed E-state index contributed by atoms with van der Waals surface area (Å²) in [5.41, 5.74) is 7.60. The van der Waals surface area contributed by atoms with Crippen LogP contribution in [0.15, 0.2) is 170 Å². The molecule has 0 bridgehead atoms. The van der Waals surface area contributed by atoms with E-state index in [1.807, 2.05) is 11.3 Å². The third kappa shape index (κ3) is 4.21. The molecule has 10 aromatic rings. The lowest BCUT2D eigenvalue weighted by Crippen LogP contribution is -1.91. The largest absolute Gasteiger partial charge is 0.135 e. The number of fused-ring (bicyclic) bond motifs is 7. The highest BCUT2D eigenvalue weighted by Crippen LogP contribution is 2.45. The first-order chi connectivity index (χ1) is 23.3. The molecular weight excluding hydrogens is 585 g/mol. The topological polar surface area (TPSA) is 0 Å². The zero-order chi connectivity index (χ0) is 30.9. The van der Waals surface area contributed by atoms with Crippen LogP contribution in [0.25, 0.3) is 96.6 Å². The Morgan fingerprint density at radius 2 is 0.660 bits per heavy atom. The average Bonchev–Trinajstić information content (AvgIpc) is 3.51. The van der Waals surface area contributed by atoms with Gasteiger partial charge >= 0.3 is 0 Å². The van der Waals surface area contributed by atoms with Crippen molar-refractivity contribution >= 4 is 74.6 Å². The molecule has 47 heavy (non-hydrogen) atoms. The molecule has 0 radical (unpaired) electrons. The Morgan fingerprint density at radius 1 is 0.255 bits per heavy atom. The summed E-state index contributed by atoms with van der Waals surface area (Å²) < 4.78 is 2.67. The molecule has 0 aliphatic rings. The van der Waals surface area contributed by atoms with Gasteiger partial charge in [-0.2, -0.15) is 0 Å². The highest BCUT2D eigenvalue weighted by Gasteiger charge is 2.17. The molecule has 0 N–H and O–H groups in total. The fourth-order valence-electron chi connectivity index (χ4n) is 7.58. The predicted molar refractivity (Wildman–Crippen MR) is 206 cm³/mol. The summed E-state index contributed by atoms with van der Waals surface area (Å²) in [6.07, 6.45) is 0. The van der Waals surface area contributed by atoms with Gasteiger partial charge in [-0.3, -0.25) is 0 Å². The summed E-state index contributed by atoms with van der Waals surface area (Å²) in [5.74, 6) is 0. The molecule has 0 atom stereocenters. The van der Waals surface area contributed by atoms with Crippen molar-refractivity contribution in [3.8, 4) is 33.4 Å². The van der Waals surface area contributed by atoms with Crippen molar-refractivity contribution in [2.75, 3.05) is 0 Å². The highest BCUT2D eigenvalue weighted by molar-refractivity contribution is 7.25. The monoisotopic (exact) mass is 612 g/mol. The molecule has 1 heteroatoms. The Bertz CT molecular complexity index is 2800. The first-order valence-electron chi connectivity index (χ1n) is 16.2. The number of benzene rings is 9. The third-order valence-electron chi connectivity index (χ3n) is 9.81. The Hall–Kier alpha value is -5.76. The number of rotatable bonds is 3. The zero-order valence-electron chi connectivity index (χ0n) is 25.6. The van der Waals surface area contributed by atoms with Crippen LogP contribution in [0.3, 0.4) is 0 Å². The lowest BCUT2D eigenvalue weighted by Gasteiger charge is -2.18. The second-order valence-electron chi connectivity index (χ2n) is 12.5. The van der Waals surface area contributed by atoms with Gasteiger partial charge in [-0.25, -0.2) is 0 Å². The van der Waals surface area contributed by atoms with Crippen LogP contribution in [0.1, 0.15) is 0 Å². The minimum absolute atomic E-state index is 1.24. The van der Waals surface area contributed by atoms with Crippen LogP contribution in [0.2, 0.25) is 0 Å². The molecule has 0 unspecified atom stereocenters. The molecule has 9 aromatic carbocycles. The Labute approximate surface area is 276 Å². The molecule has 218 valence electrons. The molecule has 10 rings (SSSR count). The maximum atomic E-state index is 2.40. The molecule has 0 nitrogen and oxygen atoms in total. The van der Waals surface area contributed by atoms with Crippen LogP contribution in [0.4, 0.5) is 0 Å². The van der Waals surface area contributed by atoms with Crippen molar-refractivity contribution in [3.05, 3.63) is 170 Å². The van der Waals surface area contributed by atoms with Crippen LogP contribution >= 0.6 is 11.3 Å². The van der Waals surface area contributed by atoms with E-state index in [2.05, 4.69) is 170 Å². The maximum absolute atomic E-state index is 2.40. The minimum Gasteiger partial charge on any atom is -0.135 e. The van der Waals surface area contributed by atoms with Crippen LogP contribution in [0.5, 0.6) is 0 Å². The van der Waals surface area contributed by atoms with E-state index in [1.54, 1.807) is 0 Å². The van der Waals surface area contributed by atoms with Gasteiger partial charge in [0.1, 0.15) is 0 Å². The molecule has 0 spiro atoms. The normalized spacial score (nSPS) is 11.8. The first kappa shape index (κ1) is 26.5. The minimum atomic E-state index is 1.24. The molecule has 1 heterocycles. The Kier molecular flexibility index (Phi) is 5.85. The number of hydrogen-bond acceptors (Lipinski definition) is 1. The molecule has 0 saturated carbocycles. The van der Waals surface area contributed by atoms with Crippen molar-refractivity contribution < 1.29 is 0 Å². The summed E-state index contributed by atoms with van der Waals surface area (Å²) in [7, 11) is 0. The summed E-state index contributed by atoms with van der Waals surface area (Å²) in [5, 5.41) is 12.8. The van der Waals surface area contributed by atoms with Crippen molar-refractivity contribution in [3.63, 3.8) is 0 Å². The van der Waals surface area contributed by atoms with E-state index in [9.17, 15) is 0 Å². The fraction of sp³-hybridized carbons (Fsp3) is 0. The summed E-state index contributed by atoms with van der Waals surface area (Å²) in [6, 6.07) is 62.8. The van der Waals surface area contributed by atoms with E-state index in [4.69, 9.17) is 0 Å². The first-order valence-corrected chi connectivity index (χ1v) is 17.0. The Balaban J connectivity index is 1.15. The SMILES string of the molecule is c1ccc2cc(-c3ccc4cc(-c5c6ccccc6c(-c6ccc7c(c6)sc6ccccc67)c6ccccc56)ccc4c3)ccc2c1. The van der Waals surface area contributed by atoms with E-state index in [1.165, 1.54) is 96.6 Å². The highest BCUT2D eigenvalue weighted by atomic mass is 32.1. The third-order valence-corrected chi connectivity index (χ3v) is 10.9. The van der Waals surface area contributed by atoms with E-state index in [-0.39, 0.29) is 0 Å². The van der Waals surface area contributed by atoms with E-state index < -0.39 is 0 Å². The summed E-state index contributed by atoms with van der Waals surface area (Å²) in [4.78, 5) is 0. The van der Waals surface area contributed by atoms with Crippen LogP contribution in [0, 0.1) is 0 Å². The van der Waals surface area contributed by atoms with Gasteiger partial charge in [-0.15, -0.1) is 11.3 Å². The van der Waals surface area contributed by atoms with Gasteiger partial charge in [0.2, 0.25) is 0 Å². The van der Waals surface area contributed by atoms with Gasteiger partial charge in [0.05, 0.1) is 0 Å². The van der Waals surface area contributed by atoms with Gasteiger partial charge in [0, 0.05) is 20.2 Å². The fourth-order valence-corrected chi connectivity index (χ4v) is 8.73. The number of hydrogen-bond donors (Lipinski definition) is 0. The average molecular weight is 613 g/mol. The van der Waals surface area contributed by atoms with E-state index >= 15 is 0 Å². The maximum Gasteiger partial charge on any atom is 0.0361 e. The lowest BCUT2D eigenvalue weighted by atomic mass is 9.85. The Morgan fingerprint density at radius 3 is 1.30 bits per heavy atom. The summed E-state index contributed by atoms with van der Waals surface area (Å²) in [6.45, 7) is 0. The van der Waals surface area contributed by atoms with Gasteiger partial charge in [0.15, 0.2) is 0 Å². The molecule has 1 aromatic heterocycles. The number of thiophene rings is 1. The van der Waals surface area contributed by atoms with Crippen molar-refractivity contribution in [1.82, 2.24) is 0 Å². The van der Waals surface area contributed by atoms with E-state index in [0.717, 1.165) is 0 Å². The molecule has 0 aliphatic carbocycles. The second-order valence-corrected chi connectivity index (χ2v) is 13.6. The van der Waals surface area contributed by atoms with Crippen molar-refractivity contribution in [1.29, 1.82) is 0 Å². The van der Waals surface area contributed by atoms with E-state index in [0.29, 0.717) is 0 Å². The zero-order valence-corrected chi connectivity index (χ0v) is 26.4. The summed E-state index contributed by atoms with van der Waals surface area (Å²) >= 11 is 1.88. The molecule has 0 amide bonds. The van der Waals surface area contributed by atoms with Gasteiger partial charge in [-0.05, 0) is 107 Å². The molecule has 0 fully saturated rings. The quantitative estimate of drug-likeness (QED) is 0.174. The predicted octanol–water partition coefficient (Wildman–Crippen LogP) is 13.7. The van der Waals surface area contributed by atoms with Crippen LogP contribution in [-0.2, 0) is 0 Å². The van der Waals surface area contributed by atoms with Gasteiger partial charge in [-0.1, -0.05) is 140 Å². The lowest BCUT2D eigenvalue weighted by molar-refractivity contribution is 1.66. The van der Waals surface area contributed by atoms with Gasteiger partial charge < -0.3 is 0 Å². The molecule has 0 saturated heterocycles. The van der Waals surface area contributed by atoms with Crippen molar-refractivity contribution in [2.24, 2.45) is 0 Å². The standard InChI is InChI=1S/C46H28S/c1-2-10-30-25-31(18-17-29(30)9-1)32-19-20-34-27-35(22-21-33(34)26-32)45-39-12-3-5-14-41(39)46(42-15-6-4-13-40(42)45)36-23-24-38-37-11-7-8-16-43(37)47-44(38)28-36/h1-28H. The van der Waals surface area contributed by atoms with Crippen LogP contribution in [-0.4, -0.2) is 0 Å². The van der Waals surface area contributed by atoms with Crippen molar-refractivity contribution in [2.45, 2.75) is 0 Å². The van der Waals surface area contributed by atoms with Gasteiger partial charge in [0.25, 0.3) is 0 Å². The smallest absolute Gasteiger partial charge is 0.0361 e. The second kappa shape index (κ2) is 10.4.